The maximum Gasteiger partial charge on any atom is 0.303 e. The molecule has 3 nitrogen and oxygen atoms in total. The van der Waals surface area contributed by atoms with Crippen LogP contribution in [-0.4, -0.2) is 23.2 Å². The van der Waals surface area contributed by atoms with Gasteiger partial charge in [-0.3, -0.25) is 4.79 Å². The third kappa shape index (κ3) is 20.5. The first-order valence-corrected chi connectivity index (χ1v) is 15.2. The van der Waals surface area contributed by atoms with E-state index in [1.807, 2.05) is 0 Å². The van der Waals surface area contributed by atoms with Gasteiger partial charge in [-0.1, -0.05) is 135 Å². The average molecular weight is 466 g/mol. The van der Waals surface area contributed by atoms with Crippen molar-refractivity contribution < 1.29 is 9.90 Å². The molecule has 0 aliphatic heterocycles. The van der Waals surface area contributed by atoms with Crippen molar-refractivity contribution in [1.82, 2.24) is 5.32 Å². The highest BCUT2D eigenvalue weighted by molar-refractivity contribution is 5.66. The summed E-state index contributed by atoms with van der Waals surface area (Å²) in [7, 11) is 0. The molecule has 2 rings (SSSR count). The summed E-state index contributed by atoms with van der Waals surface area (Å²) in [6, 6.07) is 1.74. The largest absolute Gasteiger partial charge is 0.481 e. The molecular formula is C30H59NO2. The Kier molecular flexibility index (Phi) is 21.4. The summed E-state index contributed by atoms with van der Waals surface area (Å²) < 4.78 is 0. The predicted molar refractivity (Wildman–Crippen MR) is 144 cm³/mol. The summed E-state index contributed by atoms with van der Waals surface area (Å²) in [6.45, 7) is 2.27. The van der Waals surface area contributed by atoms with E-state index in [0.717, 1.165) is 24.9 Å². The molecule has 0 bridgehead atoms. The second kappa shape index (κ2) is 23.2. The Labute approximate surface area is 207 Å². The van der Waals surface area contributed by atoms with Crippen molar-refractivity contribution in [1.29, 1.82) is 0 Å². The monoisotopic (exact) mass is 465 g/mol. The summed E-state index contributed by atoms with van der Waals surface area (Å²) in [4.78, 5) is 10.3. The van der Waals surface area contributed by atoms with Crippen LogP contribution in [0.2, 0.25) is 0 Å². The lowest BCUT2D eigenvalue weighted by atomic mass is 9.91. The summed E-state index contributed by atoms with van der Waals surface area (Å²) in [5.41, 5.74) is 0. The molecule has 0 amide bonds. The van der Waals surface area contributed by atoms with Gasteiger partial charge in [-0.2, -0.15) is 0 Å². The van der Waals surface area contributed by atoms with Gasteiger partial charge in [0.25, 0.3) is 0 Å². The molecule has 0 aromatic rings. The summed E-state index contributed by atoms with van der Waals surface area (Å²) in [6.07, 6.45) is 34.8. The lowest BCUT2D eigenvalue weighted by Gasteiger charge is -2.30. The van der Waals surface area contributed by atoms with Crippen LogP contribution in [0.25, 0.3) is 0 Å². The van der Waals surface area contributed by atoms with E-state index in [4.69, 9.17) is 5.11 Å². The van der Waals surface area contributed by atoms with E-state index in [-0.39, 0.29) is 0 Å². The molecule has 196 valence electrons. The summed E-state index contributed by atoms with van der Waals surface area (Å²) >= 11 is 0. The van der Waals surface area contributed by atoms with Crippen LogP contribution in [0.5, 0.6) is 0 Å². The first-order valence-electron chi connectivity index (χ1n) is 15.2. The van der Waals surface area contributed by atoms with Crippen molar-refractivity contribution in [3.05, 3.63) is 0 Å². The SMILES string of the molecule is C1CCC(NC2CCCCC2)CC1.CCCCCCCCCCCCCCCCCC(=O)O. The second-order valence-electron chi connectivity index (χ2n) is 10.9. The lowest BCUT2D eigenvalue weighted by Crippen LogP contribution is -2.40. The highest BCUT2D eigenvalue weighted by atomic mass is 16.4. The van der Waals surface area contributed by atoms with Gasteiger partial charge in [-0.05, 0) is 32.1 Å². The van der Waals surface area contributed by atoms with Gasteiger partial charge in [0.2, 0.25) is 0 Å². The predicted octanol–water partition coefficient (Wildman–Crippen LogP) is 9.57. The van der Waals surface area contributed by atoms with Gasteiger partial charge in [0.15, 0.2) is 0 Å². The minimum atomic E-state index is -0.653. The molecule has 0 atom stereocenters. The molecule has 2 saturated carbocycles. The number of nitrogens with one attached hydrogen (secondary N) is 1. The van der Waals surface area contributed by atoms with Crippen LogP contribution in [0.4, 0.5) is 0 Å². The van der Waals surface area contributed by atoms with Crippen LogP contribution in [0.1, 0.15) is 174 Å². The highest BCUT2D eigenvalue weighted by Gasteiger charge is 2.19. The molecule has 3 heteroatoms. The van der Waals surface area contributed by atoms with E-state index >= 15 is 0 Å². The van der Waals surface area contributed by atoms with Crippen molar-refractivity contribution in [3.63, 3.8) is 0 Å². The smallest absolute Gasteiger partial charge is 0.303 e. The highest BCUT2D eigenvalue weighted by Crippen LogP contribution is 2.22. The van der Waals surface area contributed by atoms with Crippen molar-refractivity contribution in [3.8, 4) is 0 Å². The minimum Gasteiger partial charge on any atom is -0.481 e. The molecule has 0 aromatic heterocycles. The topological polar surface area (TPSA) is 49.3 Å². The molecule has 0 aromatic carbocycles. The van der Waals surface area contributed by atoms with Crippen molar-refractivity contribution in [2.45, 2.75) is 186 Å². The van der Waals surface area contributed by atoms with Crippen LogP contribution < -0.4 is 5.32 Å². The third-order valence-electron chi connectivity index (χ3n) is 7.68. The van der Waals surface area contributed by atoms with Crippen LogP contribution in [0.3, 0.4) is 0 Å². The van der Waals surface area contributed by atoms with Gasteiger partial charge in [0.1, 0.15) is 0 Å². The fourth-order valence-corrected chi connectivity index (χ4v) is 5.52. The van der Waals surface area contributed by atoms with Gasteiger partial charge >= 0.3 is 5.97 Å². The maximum absolute atomic E-state index is 10.3. The number of rotatable bonds is 18. The quantitative estimate of drug-likeness (QED) is 0.198. The van der Waals surface area contributed by atoms with Crippen molar-refractivity contribution in [2.24, 2.45) is 0 Å². The normalized spacial score (nSPS) is 17.5. The summed E-state index contributed by atoms with van der Waals surface area (Å²) in [5.74, 6) is -0.653. The first-order chi connectivity index (χ1) is 16.2. The molecular weight excluding hydrogens is 406 g/mol. The molecule has 0 heterocycles. The Balaban J connectivity index is 0.000000357. The fraction of sp³-hybridized carbons (Fsp3) is 0.967. The number of carbonyl (C=O) groups is 1. The lowest BCUT2D eigenvalue weighted by molar-refractivity contribution is -0.137. The standard InChI is InChI=1S/C18H36O2.C12H23N/c1-2-3-4-5-6-7-8-9-10-11-12-13-14-15-16-17-18(19)20;1-3-7-11(8-4-1)13-12-9-5-2-6-10-12/h2-17H2,1H3,(H,19,20);11-13H,1-10H2. The third-order valence-corrected chi connectivity index (χ3v) is 7.68. The van der Waals surface area contributed by atoms with Gasteiger partial charge in [0, 0.05) is 18.5 Å². The fourth-order valence-electron chi connectivity index (χ4n) is 5.52. The molecule has 2 N–H and O–H groups in total. The molecule has 2 aliphatic rings. The molecule has 2 fully saturated rings. The van der Waals surface area contributed by atoms with E-state index in [1.54, 1.807) is 0 Å². The zero-order chi connectivity index (χ0) is 23.8. The summed E-state index contributed by atoms with van der Waals surface area (Å²) in [5, 5.41) is 12.4. The van der Waals surface area contributed by atoms with E-state index < -0.39 is 5.97 Å². The Hall–Kier alpha value is -0.570. The maximum atomic E-state index is 10.3. The van der Waals surface area contributed by atoms with Crippen LogP contribution in [0.15, 0.2) is 0 Å². The number of carboxylic acids is 1. The number of hydrogen-bond donors (Lipinski definition) is 2. The van der Waals surface area contributed by atoms with E-state index in [9.17, 15) is 4.79 Å². The minimum absolute atomic E-state index is 0.345. The molecule has 0 saturated heterocycles. The average Bonchev–Trinajstić information content (AvgIpc) is 2.83. The number of unbranched alkanes of at least 4 members (excludes halogenated alkanes) is 14. The molecule has 33 heavy (non-hydrogen) atoms. The van der Waals surface area contributed by atoms with E-state index in [2.05, 4.69) is 12.2 Å². The first kappa shape index (κ1) is 30.5. The van der Waals surface area contributed by atoms with Gasteiger partial charge < -0.3 is 10.4 Å². The van der Waals surface area contributed by atoms with Crippen molar-refractivity contribution >= 4 is 5.97 Å². The van der Waals surface area contributed by atoms with Crippen LogP contribution in [-0.2, 0) is 4.79 Å². The van der Waals surface area contributed by atoms with Crippen LogP contribution in [0, 0.1) is 0 Å². The molecule has 0 unspecified atom stereocenters. The van der Waals surface area contributed by atoms with E-state index in [1.165, 1.54) is 148 Å². The Morgan fingerprint density at radius 1 is 0.576 bits per heavy atom. The zero-order valence-electron chi connectivity index (χ0n) is 22.4. The second-order valence-corrected chi connectivity index (χ2v) is 10.9. The molecule has 0 radical (unpaired) electrons. The number of aliphatic carboxylic acids is 1. The molecule has 2 aliphatic carbocycles. The van der Waals surface area contributed by atoms with Crippen molar-refractivity contribution in [2.75, 3.05) is 0 Å². The Morgan fingerprint density at radius 2 is 0.909 bits per heavy atom. The molecule has 0 spiro atoms. The van der Waals surface area contributed by atoms with Gasteiger partial charge in [-0.25, -0.2) is 0 Å². The van der Waals surface area contributed by atoms with Crippen LogP contribution >= 0.6 is 0 Å². The number of hydrogen-bond acceptors (Lipinski definition) is 2. The van der Waals surface area contributed by atoms with Gasteiger partial charge in [-0.15, -0.1) is 0 Å². The Morgan fingerprint density at radius 3 is 1.24 bits per heavy atom. The van der Waals surface area contributed by atoms with Gasteiger partial charge in [0.05, 0.1) is 0 Å². The van der Waals surface area contributed by atoms with E-state index in [0.29, 0.717) is 6.42 Å². The zero-order valence-corrected chi connectivity index (χ0v) is 22.4. The number of carboxylic acid groups (broad SMARTS) is 1. The Bertz CT molecular complexity index is 398.